The van der Waals surface area contributed by atoms with Gasteiger partial charge in [-0.05, 0) is 64.8 Å². The van der Waals surface area contributed by atoms with Crippen LogP contribution in [0, 0.1) is 26.2 Å². The van der Waals surface area contributed by atoms with Crippen LogP contribution in [0.3, 0.4) is 0 Å². The Balaban J connectivity index is 1.50. The zero-order valence-corrected chi connectivity index (χ0v) is 25.4. The predicted molar refractivity (Wildman–Crippen MR) is 158 cm³/mol. The highest BCUT2D eigenvalue weighted by atomic mass is 35.5. The fourth-order valence-electron chi connectivity index (χ4n) is 5.82. The first kappa shape index (κ1) is 28.8. The Morgan fingerprint density at radius 2 is 1.80 bits per heavy atom. The van der Waals surface area contributed by atoms with E-state index >= 15 is 0 Å². The maximum atomic E-state index is 10.2. The second-order valence-electron chi connectivity index (χ2n) is 11.7. The maximum absolute atomic E-state index is 10.2. The molecule has 5 rings (SSSR count). The van der Waals surface area contributed by atoms with Crippen LogP contribution in [-0.2, 0) is 11.9 Å². The summed E-state index contributed by atoms with van der Waals surface area (Å²) in [5.74, 6) is 2.07. The number of benzene rings is 1. The van der Waals surface area contributed by atoms with Crippen LogP contribution in [0.15, 0.2) is 18.2 Å². The van der Waals surface area contributed by atoms with Crippen molar-refractivity contribution in [2.24, 2.45) is 12.5 Å². The van der Waals surface area contributed by atoms with Crippen LogP contribution in [-0.4, -0.2) is 74.9 Å². The number of aryl methyl sites for hydroxylation is 2. The molecule has 3 aromatic rings. The Kier molecular flexibility index (Phi) is 8.12. The number of aliphatic hydroxyl groups excluding tert-OH is 1. The van der Waals surface area contributed by atoms with Crippen LogP contribution in [0.1, 0.15) is 50.4 Å². The van der Waals surface area contributed by atoms with Crippen molar-refractivity contribution in [2.75, 3.05) is 37.7 Å². The van der Waals surface area contributed by atoms with Gasteiger partial charge in [-0.25, -0.2) is 9.97 Å². The van der Waals surface area contributed by atoms with Crippen molar-refractivity contribution < 1.29 is 14.7 Å². The van der Waals surface area contributed by atoms with Crippen molar-refractivity contribution in [3.63, 3.8) is 0 Å². The van der Waals surface area contributed by atoms with E-state index in [0.717, 1.165) is 66.6 Å². The Hall–Kier alpha value is -2.72. The number of halogens is 1. The molecule has 1 aromatic carbocycles. The average Bonchev–Trinajstić information content (AvgIpc) is 3.10. The summed E-state index contributed by atoms with van der Waals surface area (Å²) in [6.07, 6.45) is 1.26. The van der Waals surface area contributed by atoms with E-state index in [-0.39, 0.29) is 18.1 Å². The van der Waals surface area contributed by atoms with Crippen LogP contribution >= 0.6 is 11.6 Å². The van der Waals surface area contributed by atoms with Gasteiger partial charge in [0.1, 0.15) is 18.2 Å². The molecule has 2 aliphatic heterocycles. The number of nitrogens with zero attached hydrogens (tertiary/aromatic N) is 6. The maximum Gasteiger partial charge on any atom is 0.163 e. The number of rotatable bonds is 10. The SMILES string of the molecule is CCC[C@@H](O)COc1ccc(Cl)c(-c2nc(-c3c(C)c(C)nn3C)c(C)c(N3CC4(CN(OC(C)C)C4)C3)n2)c1. The van der Waals surface area contributed by atoms with Gasteiger partial charge in [0, 0.05) is 49.8 Å². The van der Waals surface area contributed by atoms with Crippen LogP contribution in [0.4, 0.5) is 5.82 Å². The molecule has 2 saturated heterocycles. The lowest BCUT2D eigenvalue weighted by atomic mass is 9.74. The summed E-state index contributed by atoms with van der Waals surface area (Å²) < 4.78 is 7.81. The molecule has 0 saturated carbocycles. The van der Waals surface area contributed by atoms with Crippen molar-refractivity contribution in [1.82, 2.24) is 24.8 Å². The third kappa shape index (κ3) is 5.57. The Labute approximate surface area is 242 Å². The first-order valence-electron chi connectivity index (χ1n) is 14.2. The molecule has 1 spiro atoms. The summed E-state index contributed by atoms with van der Waals surface area (Å²) in [6.45, 7) is 16.3. The van der Waals surface area contributed by atoms with Gasteiger partial charge in [-0.1, -0.05) is 24.9 Å². The Bertz CT molecular complexity index is 1380. The van der Waals surface area contributed by atoms with Crippen LogP contribution in [0.5, 0.6) is 5.75 Å². The molecule has 9 nitrogen and oxygen atoms in total. The number of aromatic nitrogens is 4. The normalized spacial score (nSPS) is 17.3. The summed E-state index contributed by atoms with van der Waals surface area (Å²) >= 11 is 6.73. The second-order valence-corrected chi connectivity index (χ2v) is 12.1. The zero-order valence-electron chi connectivity index (χ0n) is 24.7. The predicted octanol–water partition coefficient (Wildman–Crippen LogP) is 5.12. The lowest BCUT2D eigenvalue weighted by molar-refractivity contribution is -0.273. The number of anilines is 1. The van der Waals surface area contributed by atoms with Gasteiger partial charge in [0.2, 0.25) is 0 Å². The van der Waals surface area contributed by atoms with Gasteiger partial charge < -0.3 is 14.7 Å². The van der Waals surface area contributed by atoms with Crippen molar-refractivity contribution in [3.05, 3.63) is 40.0 Å². The van der Waals surface area contributed by atoms with Gasteiger partial charge in [0.25, 0.3) is 0 Å². The first-order valence-corrected chi connectivity index (χ1v) is 14.5. The fraction of sp³-hybridized carbons (Fsp3) is 0.567. The van der Waals surface area contributed by atoms with E-state index in [9.17, 15) is 5.11 Å². The molecule has 0 radical (unpaired) electrons. The topological polar surface area (TPSA) is 88.8 Å². The lowest BCUT2D eigenvalue weighted by Crippen LogP contribution is -2.72. The molecule has 0 unspecified atom stereocenters. The van der Waals surface area contributed by atoms with E-state index in [1.165, 1.54) is 0 Å². The second kappa shape index (κ2) is 11.3. The highest BCUT2D eigenvalue weighted by molar-refractivity contribution is 6.33. The van der Waals surface area contributed by atoms with E-state index in [4.69, 9.17) is 31.1 Å². The summed E-state index contributed by atoms with van der Waals surface area (Å²) in [5, 5.41) is 17.4. The smallest absolute Gasteiger partial charge is 0.163 e. The van der Waals surface area contributed by atoms with Gasteiger partial charge in [-0.15, -0.1) is 0 Å². The minimum atomic E-state index is -0.513. The Morgan fingerprint density at radius 3 is 2.42 bits per heavy atom. The van der Waals surface area contributed by atoms with E-state index in [0.29, 0.717) is 28.6 Å². The highest BCUT2D eigenvalue weighted by Gasteiger charge is 2.53. The molecule has 0 aliphatic carbocycles. The third-order valence-electron chi connectivity index (χ3n) is 7.84. The lowest BCUT2D eigenvalue weighted by Gasteiger charge is -2.60. The average molecular weight is 569 g/mol. The quantitative estimate of drug-likeness (QED) is 0.360. The van der Waals surface area contributed by atoms with Gasteiger partial charge in [0.05, 0.1) is 34.3 Å². The van der Waals surface area contributed by atoms with Gasteiger partial charge in [-0.3, -0.25) is 9.52 Å². The molecule has 10 heteroatoms. The zero-order chi connectivity index (χ0) is 28.8. The standard InChI is InChI=1S/C30H41ClN6O3/c1-8-9-22(38)13-39-23-10-11-25(31)24(12-23)28-32-26(27-19(4)21(6)34-35(27)7)20(5)29(33-28)36-14-30(15-36)16-37(17-30)40-18(2)3/h10-12,18,22,38H,8-9,13-17H2,1-7H3/t22-/m1/s1. The molecule has 40 heavy (non-hydrogen) atoms. The molecule has 2 aromatic heterocycles. The monoisotopic (exact) mass is 568 g/mol. The molecule has 2 aliphatic rings. The molecule has 0 amide bonds. The minimum absolute atomic E-state index is 0.188. The minimum Gasteiger partial charge on any atom is -0.491 e. The summed E-state index contributed by atoms with van der Waals surface area (Å²) in [7, 11) is 1.95. The molecule has 0 bridgehead atoms. The van der Waals surface area contributed by atoms with Crippen LogP contribution in [0.25, 0.3) is 22.8 Å². The summed E-state index contributed by atoms with van der Waals surface area (Å²) in [4.78, 5) is 18.4. The third-order valence-corrected chi connectivity index (χ3v) is 8.17. The van der Waals surface area contributed by atoms with E-state index in [1.807, 2.05) is 37.7 Å². The molecule has 2 fully saturated rings. The molecule has 4 heterocycles. The first-order chi connectivity index (χ1) is 19.0. The number of aliphatic hydroxyl groups is 1. The van der Waals surface area contributed by atoms with Crippen molar-refractivity contribution in [2.45, 2.75) is 66.6 Å². The van der Waals surface area contributed by atoms with E-state index in [2.05, 4.69) is 42.8 Å². The highest BCUT2D eigenvalue weighted by Crippen LogP contribution is 2.44. The number of hydrogen-bond donors (Lipinski definition) is 1. The molecular formula is C30H41ClN6O3. The van der Waals surface area contributed by atoms with Crippen LogP contribution in [0.2, 0.25) is 5.02 Å². The molecular weight excluding hydrogens is 528 g/mol. The Morgan fingerprint density at radius 1 is 1.07 bits per heavy atom. The number of hydroxylamine groups is 2. The van der Waals surface area contributed by atoms with E-state index < -0.39 is 6.10 Å². The van der Waals surface area contributed by atoms with Crippen LogP contribution < -0.4 is 9.64 Å². The van der Waals surface area contributed by atoms with Crippen molar-refractivity contribution >= 4 is 17.4 Å². The van der Waals surface area contributed by atoms with Gasteiger partial charge >= 0.3 is 0 Å². The molecule has 1 atom stereocenters. The van der Waals surface area contributed by atoms with Crippen molar-refractivity contribution in [1.29, 1.82) is 0 Å². The molecule has 216 valence electrons. The summed E-state index contributed by atoms with van der Waals surface area (Å²) in [6, 6.07) is 5.48. The number of hydrogen-bond acceptors (Lipinski definition) is 8. The fourth-order valence-corrected chi connectivity index (χ4v) is 6.02. The molecule has 1 N–H and O–H groups in total. The van der Waals surface area contributed by atoms with Gasteiger partial charge in [-0.2, -0.15) is 10.2 Å². The van der Waals surface area contributed by atoms with E-state index in [1.54, 1.807) is 6.07 Å². The summed E-state index contributed by atoms with van der Waals surface area (Å²) in [5.41, 5.74) is 5.83. The largest absolute Gasteiger partial charge is 0.491 e. The van der Waals surface area contributed by atoms with Gasteiger partial charge in [0.15, 0.2) is 5.82 Å². The number of ether oxygens (including phenoxy) is 1. The van der Waals surface area contributed by atoms with Crippen molar-refractivity contribution in [3.8, 4) is 28.5 Å².